The highest BCUT2D eigenvalue weighted by atomic mass is 32.1. The summed E-state index contributed by atoms with van der Waals surface area (Å²) < 4.78 is 5.43. The Morgan fingerprint density at radius 1 is 1.00 bits per heavy atom. The number of thiophene rings is 1. The molecule has 142 valence electrons. The minimum Gasteiger partial charge on any atom is -0.480 e. The first kappa shape index (κ1) is 18.3. The first-order valence-electron chi connectivity index (χ1n) is 9.00. The lowest BCUT2D eigenvalue weighted by Gasteiger charge is -2.17. The van der Waals surface area contributed by atoms with E-state index in [1.165, 1.54) is 11.3 Å². The van der Waals surface area contributed by atoms with E-state index in [0.29, 0.717) is 0 Å². The summed E-state index contributed by atoms with van der Waals surface area (Å²) in [6.45, 7) is 0.158. The molecule has 4 rings (SSSR count). The van der Waals surface area contributed by atoms with Gasteiger partial charge in [0.15, 0.2) is 0 Å². The van der Waals surface area contributed by atoms with E-state index >= 15 is 0 Å². The van der Waals surface area contributed by atoms with Gasteiger partial charge in [-0.2, -0.15) is 0 Å². The van der Waals surface area contributed by atoms with Crippen LogP contribution in [0.5, 0.6) is 0 Å². The van der Waals surface area contributed by atoms with Crippen LogP contribution in [-0.4, -0.2) is 29.8 Å². The van der Waals surface area contributed by atoms with Crippen molar-refractivity contribution in [2.24, 2.45) is 0 Å². The van der Waals surface area contributed by atoms with Gasteiger partial charge in [-0.05, 0) is 33.7 Å². The maximum atomic E-state index is 12.3. The average molecular weight is 393 g/mol. The standard InChI is InChI=1S/C22H19NO4S/c24-21(25)20(12-14-6-5-11-28-14)23-22(26)27-13-19-17-9-3-1-7-15(17)16-8-2-4-10-18(16)19/h1-11,19-20H,12-13H2,(H,23,26)(H,24,25)/t20-/m0/s1. The van der Waals surface area contributed by atoms with Crippen LogP contribution < -0.4 is 5.32 Å². The highest BCUT2D eigenvalue weighted by Gasteiger charge is 2.29. The second-order valence-corrected chi connectivity index (χ2v) is 7.68. The fourth-order valence-corrected chi connectivity index (χ4v) is 4.36. The minimum atomic E-state index is -1.08. The molecule has 0 spiro atoms. The van der Waals surface area contributed by atoms with Crippen LogP contribution in [-0.2, 0) is 16.0 Å². The number of aliphatic carboxylic acids is 1. The molecule has 3 aromatic rings. The summed E-state index contributed by atoms with van der Waals surface area (Å²) in [4.78, 5) is 24.7. The molecule has 0 aliphatic heterocycles. The SMILES string of the molecule is O=C(N[C@@H](Cc1cccs1)C(=O)O)OCC1c2ccccc2-c2ccccc21. The third-order valence-electron chi connectivity index (χ3n) is 4.92. The molecule has 0 fully saturated rings. The fourth-order valence-electron chi connectivity index (χ4n) is 3.61. The molecule has 6 heteroatoms. The van der Waals surface area contributed by atoms with Crippen LogP contribution in [0.4, 0.5) is 4.79 Å². The number of benzene rings is 2. The van der Waals surface area contributed by atoms with Gasteiger partial charge in [-0.15, -0.1) is 11.3 Å². The molecule has 1 aromatic heterocycles. The molecule has 0 saturated heterocycles. The predicted molar refractivity (Wildman–Crippen MR) is 108 cm³/mol. The topological polar surface area (TPSA) is 75.6 Å². The van der Waals surface area contributed by atoms with Gasteiger partial charge >= 0.3 is 12.1 Å². The van der Waals surface area contributed by atoms with E-state index in [4.69, 9.17) is 4.74 Å². The van der Waals surface area contributed by atoms with Crippen molar-refractivity contribution < 1.29 is 19.4 Å². The monoisotopic (exact) mass is 393 g/mol. The normalized spacial score (nSPS) is 13.4. The number of carbonyl (C=O) groups excluding carboxylic acids is 1. The molecule has 2 aromatic carbocycles. The highest BCUT2D eigenvalue weighted by molar-refractivity contribution is 7.09. The summed E-state index contributed by atoms with van der Waals surface area (Å²) in [5, 5.41) is 13.7. The van der Waals surface area contributed by atoms with Crippen LogP contribution in [0.15, 0.2) is 66.0 Å². The Labute approximate surface area is 166 Å². The summed E-state index contributed by atoms with van der Waals surface area (Å²) in [6, 6.07) is 18.8. The Morgan fingerprint density at radius 2 is 1.64 bits per heavy atom. The minimum absolute atomic E-state index is 0.0567. The van der Waals surface area contributed by atoms with Gasteiger partial charge in [0.25, 0.3) is 0 Å². The van der Waals surface area contributed by atoms with Crippen LogP contribution in [0.1, 0.15) is 21.9 Å². The van der Waals surface area contributed by atoms with E-state index in [1.54, 1.807) is 0 Å². The Bertz CT molecular complexity index is 954. The van der Waals surface area contributed by atoms with Crippen molar-refractivity contribution in [3.8, 4) is 11.1 Å². The molecular formula is C22H19NO4S. The lowest BCUT2D eigenvalue weighted by atomic mass is 9.98. The van der Waals surface area contributed by atoms with Gasteiger partial charge in [-0.1, -0.05) is 54.6 Å². The third kappa shape index (κ3) is 3.64. The van der Waals surface area contributed by atoms with Gasteiger partial charge in [-0.25, -0.2) is 9.59 Å². The number of ether oxygens (including phenoxy) is 1. The van der Waals surface area contributed by atoms with Crippen LogP contribution in [0.2, 0.25) is 0 Å². The van der Waals surface area contributed by atoms with E-state index in [-0.39, 0.29) is 18.9 Å². The molecule has 0 unspecified atom stereocenters. The average Bonchev–Trinajstić information content (AvgIpc) is 3.32. The number of rotatable bonds is 6. The van der Waals surface area contributed by atoms with Gasteiger partial charge in [0.05, 0.1) is 0 Å². The highest BCUT2D eigenvalue weighted by Crippen LogP contribution is 2.44. The molecular weight excluding hydrogens is 374 g/mol. The summed E-state index contributed by atoms with van der Waals surface area (Å²) in [5.74, 6) is -1.14. The van der Waals surface area contributed by atoms with Crippen molar-refractivity contribution in [3.05, 3.63) is 82.0 Å². The molecule has 0 saturated carbocycles. The van der Waals surface area contributed by atoms with Crippen LogP contribution in [0.3, 0.4) is 0 Å². The number of hydrogen-bond donors (Lipinski definition) is 2. The lowest BCUT2D eigenvalue weighted by molar-refractivity contribution is -0.139. The fraction of sp³-hybridized carbons (Fsp3) is 0.182. The molecule has 1 aliphatic carbocycles. The Balaban J connectivity index is 1.44. The number of carbonyl (C=O) groups is 2. The molecule has 0 bridgehead atoms. The second kappa shape index (κ2) is 7.86. The first-order valence-corrected chi connectivity index (χ1v) is 9.88. The predicted octanol–water partition coefficient (Wildman–Crippen LogP) is 4.28. The molecule has 5 nitrogen and oxygen atoms in total. The number of nitrogens with one attached hydrogen (secondary N) is 1. The van der Waals surface area contributed by atoms with Crippen molar-refractivity contribution in [1.82, 2.24) is 5.32 Å². The van der Waals surface area contributed by atoms with Crippen LogP contribution in [0, 0.1) is 0 Å². The van der Waals surface area contributed by atoms with E-state index in [0.717, 1.165) is 27.1 Å². The number of fused-ring (bicyclic) bond motifs is 3. The molecule has 2 N–H and O–H groups in total. The summed E-state index contributed by atoms with van der Waals surface area (Å²) in [7, 11) is 0. The third-order valence-corrected chi connectivity index (χ3v) is 5.82. The maximum Gasteiger partial charge on any atom is 0.407 e. The molecule has 1 aliphatic rings. The Hall–Kier alpha value is -3.12. The smallest absolute Gasteiger partial charge is 0.407 e. The zero-order chi connectivity index (χ0) is 19.5. The van der Waals surface area contributed by atoms with Gasteiger partial charge in [0.2, 0.25) is 0 Å². The van der Waals surface area contributed by atoms with E-state index < -0.39 is 18.1 Å². The van der Waals surface area contributed by atoms with E-state index in [1.807, 2.05) is 53.9 Å². The molecule has 1 amide bonds. The number of carboxylic acids is 1. The lowest BCUT2D eigenvalue weighted by Crippen LogP contribution is -2.42. The number of alkyl carbamates (subject to hydrolysis) is 1. The van der Waals surface area contributed by atoms with Gasteiger partial charge in [0, 0.05) is 17.2 Å². The van der Waals surface area contributed by atoms with Crippen molar-refractivity contribution in [1.29, 1.82) is 0 Å². The second-order valence-electron chi connectivity index (χ2n) is 6.64. The number of amides is 1. The van der Waals surface area contributed by atoms with Crippen molar-refractivity contribution in [2.45, 2.75) is 18.4 Å². The number of hydrogen-bond acceptors (Lipinski definition) is 4. The van der Waals surface area contributed by atoms with Crippen molar-refractivity contribution in [2.75, 3.05) is 6.61 Å². The van der Waals surface area contributed by atoms with Gasteiger partial charge in [0.1, 0.15) is 12.6 Å². The molecule has 28 heavy (non-hydrogen) atoms. The zero-order valence-corrected chi connectivity index (χ0v) is 15.8. The van der Waals surface area contributed by atoms with E-state index in [2.05, 4.69) is 17.4 Å². The largest absolute Gasteiger partial charge is 0.480 e. The molecule has 1 heterocycles. The Morgan fingerprint density at radius 3 is 2.21 bits per heavy atom. The van der Waals surface area contributed by atoms with Crippen molar-refractivity contribution >= 4 is 23.4 Å². The first-order chi connectivity index (χ1) is 13.6. The summed E-state index contributed by atoms with van der Waals surface area (Å²) in [6.07, 6.45) is -0.484. The van der Waals surface area contributed by atoms with Crippen LogP contribution in [0.25, 0.3) is 11.1 Å². The van der Waals surface area contributed by atoms with Crippen LogP contribution >= 0.6 is 11.3 Å². The molecule has 1 atom stereocenters. The summed E-state index contributed by atoms with van der Waals surface area (Å²) in [5.41, 5.74) is 4.52. The Kier molecular flexibility index (Phi) is 5.12. The zero-order valence-electron chi connectivity index (χ0n) is 15.0. The number of carboxylic acid groups (broad SMARTS) is 1. The van der Waals surface area contributed by atoms with Gasteiger partial charge in [-0.3, -0.25) is 0 Å². The summed E-state index contributed by atoms with van der Waals surface area (Å²) >= 11 is 1.46. The van der Waals surface area contributed by atoms with E-state index in [9.17, 15) is 14.7 Å². The maximum absolute atomic E-state index is 12.3. The van der Waals surface area contributed by atoms with Crippen molar-refractivity contribution in [3.63, 3.8) is 0 Å². The molecule has 0 radical (unpaired) electrons. The van der Waals surface area contributed by atoms with Gasteiger partial charge < -0.3 is 15.2 Å². The quantitative estimate of drug-likeness (QED) is 0.655.